The van der Waals surface area contributed by atoms with E-state index in [0.29, 0.717) is 30.4 Å². The number of nitrogens with zero attached hydrogens (tertiary/aromatic N) is 2. The van der Waals surface area contributed by atoms with Crippen LogP contribution in [-0.4, -0.2) is 55.7 Å². The van der Waals surface area contributed by atoms with Gasteiger partial charge in [0.15, 0.2) is 11.5 Å². The molecule has 2 aliphatic rings. The lowest BCUT2D eigenvalue weighted by atomic mass is 10.1. The standard InChI is InChI=1S/C24H25N3O4S/c1-29-21-4-2-17(13-19(21)16-27-6-10-32-11-7-27)12-18(15-25)24(28)26-20-3-5-22-23(14-20)31-9-8-30-22/h2-5,12-14H,6-11,16H2,1H3,(H,26,28)/b18-12+. The van der Waals surface area contributed by atoms with Crippen molar-refractivity contribution in [2.24, 2.45) is 0 Å². The van der Waals surface area contributed by atoms with Crippen LogP contribution in [0.1, 0.15) is 11.1 Å². The summed E-state index contributed by atoms with van der Waals surface area (Å²) >= 11 is 1.97. The molecule has 0 atom stereocenters. The Hall–Kier alpha value is -3.15. The van der Waals surface area contributed by atoms with Gasteiger partial charge >= 0.3 is 0 Å². The van der Waals surface area contributed by atoms with Crippen molar-refractivity contribution in [3.8, 4) is 23.3 Å². The molecule has 1 fully saturated rings. The average Bonchev–Trinajstić information content (AvgIpc) is 2.83. The van der Waals surface area contributed by atoms with Gasteiger partial charge in [-0.3, -0.25) is 9.69 Å². The van der Waals surface area contributed by atoms with Crippen LogP contribution in [0.15, 0.2) is 42.0 Å². The molecule has 32 heavy (non-hydrogen) atoms. The van der Waals surface area contributed by atoms with Crippen LogP contribution in [0.5, 0.6) is 17.2 Å². The van der Waals surface area contributed by atoms with Gasteiger partial charge in [0.05, 0.1) is 7.11 Å². The maximum absolute atomic E-state index is 12.7. The Morgan fingerprint density at radius 1 is 1.19 bits per heavy atom. The van der Waals surface area contributed by atoms with Crippen molar-refractivity contribution in [2.75, 3.05) is 50.2 Å². The molecular weight excluding hydrogens is 426 g/mol. The van der Waals surface area contributed by atoms with E-state index in [9.17, 15) is 10.1 Å². The van der Waals surface area contributed by atoms with Crippen molar-refractivity contribution in [2.45, 2.75) is 6.54 Å². The molecule has 166 valence electrons. The predicted octanol–water partition coefficient (Wildman–Crippen LogP) is 3.56. The fourth-order valence-corrected chi connectivity index (χ4v) is 4.63. The monoisotopic (exact) mass is 451 g/mol. The summed E-state index contributed by atoms with van der Waals surface area (Å²) in [4.78, 5) is 15.1. The zero-order valence-corrected chi connectivity index (χ0v) is 18.7. The van der Waals surface area contributed by atoms with Crippen LogP contribution in [-0.2, 0) is 11.3 Å². The van der Waals surface area contributed by atoms with E-state index in [-0.39, 0.29) is 5.57 Å². The first kappa shape index (κ1) is 22.1. The number of fused-ring (bicyclic) bond motifs is 1. The zero-order chi connectivity index (χ0) is 22.3. The molecule has 0 aromatic heterocycles. The number of hydrogen-bond acceptors (Lipinski definition) is 7. The summed E-state index contributed by atoms with van der Waals surface area (Å²) in [5.74, 6) is 3.80. The Labute approximate surface area is 191 Å². The number of nitriles is 1. The Morgan fingerprint density at radius 3 is 2.72 bits per heavy atom. The molecule has 0 radical (unpaired) electrons. The van der Waals surface area contributed by atoms with Crippen molar-refractivity contribution in [3.05, 3.63) is 53.1 Å². The van der Waals surface area contributed by atoms with Crippen LogP contribution >= 0.6 is 11.8 Å². The lowest BCUT2D eigenvalue weighted by molar-refractivity contribution is -0.112. The van der Waals surface area contributed by atoms with Crippen LogP contribution in [0.2, 0.25) is 0 Å². The van der Waals surface area contributed by atoms with Crippen LogP contribution in [0, 0.1) is 11.3 Å². The normalized spacial score (nSPS) is 16.2. The molecule has 0 unspecified atom stereocenters. The summed E-state index contributed by atoms with van der Waals surface area (Å²) < 4.78 is 16.6. The van der Waals surface area contributed by atoms with Crippen LogP contribution < -0.4 is 19.5 Å². The van der Waals surface area contributed by atoms with E-state index in [1.54, 1.807) is 31.4 Å². The molecule has 1 amide bonds. The van der Waals surface area contributed by atoms with Crippen molar-refractivity contribution in [1.29, 1.82) is 5.26 Å². The molecule has 2 aliphatic heterocycles. The predicted molar refractivity (Wildman–Crippen MR) is 125 cm³/mol. The molecule has 2 heterocycles. The van der Waals surface area contributed by atoms with Gasteiger partial charge in [0.1, 0.15) is 30.6 Å². The maximum Gasteiger partial charge on any atom is 0.266 e. The summed E-state index contributed by atoms with van der Waals surface area (Å²) in [5.41, 5.74) is 2.38. The van der Waals surface area contributed by atoms with Gasteiger partial charge in [0, 0.05) is 48.5 Å². The highest BCUT2D eigenvalue weighted by molar-refractivity contribution is 7.99. The molecule has 0 aliphatic carbocycles. The number of ether oxygens (including phenoxy) is 3. The third-order valence-electron chi connectivity index (χ3n) is 5.28. The Bertz CT molecular complexity index is 1060. The van der Waals surface area contributed by atoms with Crippen molar-refractivity contribution in [3.63, 3.8) is 0 Å². The Balaban J connectivity index is 1.51. The number of hydrogen-bond donors (Lipinski definition) is 1. The van der Waals surface area contributed by atoms with Gasteiger partial charge in [-0.15, -0.1) is 0 Å². The zero-order valence-electron chi connectivity index (χ0n) is 17.9. The van der Waals surface area contributed by atoms with Gasteiger partial charge in [-0.1, -0.05) is 6.07 Å². The van der Waals surface area contributed by atoms with Gasteiger partial charge in [-0.05, 0) is 35.9 Å². The number of amides is 1. The number of benzene rings is 2. The van der Waals surface area contributed by atoms with Crippen molar-refractivity contribution >= 4 is 29.4 Å². The highest BCUT2D eigenvalue weighted by Crippen LogP contribution is 2.32. The molecular formula is C24H25N3O4S. The fourth-order valence-electron chi connectivity index (χ4n) is 3.65. The van der Waals surface area contributed by atoms with E-state index >= 15 is 0 Å². The topological polar surface area (TPSA) is 83.8 Å². The van der Waals surface area contributed by atoms with Gasteiger partial charge in [-0.2, -0.15) is 17.0 Å². The molecule has 0 bridgehead atoms. The van der Waals surface area contributed by atoms with Crippen LogP contribution in [0.4, 0.5) is 5.69 Å². The summed E-state index contributed by atoms with van der Waals surface area (Å²) in [6, 6.07) is 12.9. The molecule has 8 heteroatoms. The maximum atomic E-state index is 12.7. The smallest absolute Gasteiger partial charge is 0.266 e. The first-order valence-corrected chi connectivity index (χ1v) is 11.6. The minimum absolute atomic E-state index is 0.0189. The Kier molecular flexibility index (Phi) is 7.20. The second kappa shape index (κ2) is 10.4. The molecule has 0 spiro atoms. The number of carbonyl (C=O) groups is 1. The third kappa shape index (κ3) is 5.36. The van der Waals surface area contributed by atoms with Gasteiger partial charge in [-0.25, -0.2) is 0 Å². The first-order valence-electron chi connectivity index (χ1n) is 10.5. The van der Waals surface area contributed by atoms with E-state index < -0.39 is 5.91 Å². The van der Waals surface area contributed by atoms with Gasteiger partial charge in [0.25, 0.3) is 5.91 Å². The lowest BCUT2D eigenvalue weighted by Crippen LogP contribution is -2.32. The SMILES string of the molecule is COc1ccc(/C=C(\C#N)C(=O)Nc2ccc3c(c2)OCCO3)cc1CN1CCSCC1. The minimum Gasteiger partial charge on any atom is -0.496 e. The largest absolute Gasteiger partial charge is 0.496 e. The minimum atomic E-state index is -0.477. The summed E-state index contributed by atoms with van der Waals surface area (Å²) in [5, 5.41) is 12.4. The average molecular weight is 452 g/mol. The third-order valence-corrected chi connectivity index (χ3v) is 6.22. The van der Waals surface area contributed by atoms with E-state index in [4.69, 9.17) is 14.2 Å². The lowest BCUT2D eigenvalue weighted by Gasteiger charge is -2.26. The number of nitrogens with one attached hydrogen (secondary N) is 1. The molecule has 1 N–H and O–H groups in total. The molecule has 1 saturated heterocycles. The van der Waals surface area contributed by atoms with E-state index in [0.717, 1.165) is 48.0 Å². The van der Waals surface area contributed by atoms with Crippen molar-refractivity contribution < 1.29 is 19.0 Å². The molecule has 2 aromatic rings. The van der Waals surface area contributed by atoms with Gasteiger partial charge < -0.3 is 19.5 Å². The number of methoxy groups -OCH3 is 1. The van der Waals surface area contributed by atoms with Crippen molar-refractivity contribution in [1.82, 2.24) is 4.90 Å². The number of thioether (sulfide) groups is 1. The summed E-state index contributed by atoms with van der Waals surface area (Å²) in [6.07, 6.45) is 1.60. The fraction of sp³-hybridized carbons (Fsp3) is 0.333. The molecule has 2 aromatic carbocycles. The molecule has 4 rings (SSSR count). The van der Waals surface area contributed by atoms with Crippen LogP contribution in [0.25, 0.3) is 6.08 Å². The van der Waals surface area contributed by atoms with E-state index in [2.05, 4.69) is 10.2 Å². The van der Waals surface area contributed by atoms with E-state index in [1.165, 1.54) is 0 Å². The summed E-state index contributed by atoms with van der Waals surface area (Å²) in [7, 11) is 1.65. The second-order valence-electron chi connectivity index (χ2n) is 7.44. The number of carbonyl (C=O) groups excluding carboxylic acids is 1. The molecule has 7 nitrogen and oxygen atoms in total. The number of anilines is 1. The van der Waals surface area contributed by atoms with Gasteiger partial charge in [0.2, 0.25) is 0 Å². The summed E-state index contributed by atoms with van der Waals surface area (Å²) in [6.45, 7) is 3.81. The highest BCUT2D eigenvalue weighted by Gasteiger charge is 2.16. The van der Waals surface area contributed by atoms with E-state index in [1.807, 2.05) is 36.0 Å². The quantitative estimate of drug-likeness (QED) is 0.531. The second-order valence-corrected chi connectivity index (χ2v) is 8.67. The highest BCUT2D eigenvalue weighted by atomic mass is 32.2. The Morgan fingerprint density at radius 2 is 1.97 bits per heavy atom. The molecule has 0 saturated carbocycles. The van der Waals surface area contributed by atoms with Crippen LogP contribution in [0.3, 0.4) is 0 Å². The number of rotatable bonds is 6. The first-order chi connectivity index (χ1) is 15.7.